The predicted molar refractivity (Wildman–Crippen MR) is 98.1 cm³/mol. The first-order chi connectivity index (χ1) is 10.5. The third-order valence-corrected chi connectivity index (χ3v) is 4.74. The van der Waals surface area contributed by atoms with Crippen LogP contribution in [0, 0.1) is 12.8 Å². The van der Waals surface area contributed by atoms with Crippen LogP contribution in [0.1, 0.15) is 18.4 Å². The van der Waals surface area contributed by atoms with E-state index in [1.807, 2.05) is 32.2 Å². The molecule has 1 aliphatic rings. The van der Waals surface area contributed by atoms with E-state index in [4.69, 9.17) is 0 Å². The molecule has 1 fully saturated rings. The Hall–Kier alpha value is -1.11. The lowest BCUT2D eigenvalue weighted by molar-refractivity contribution is -0.126. The van der Waals surface area contributed by atoms with E-state index in [0.717, 1.165) is 28.7 Å². The highest BCUT2D eigenvalue weighted by molar-refractivity contribution is 9.10. The Morgan fingerprint density at radius 3 is 2.78 bits per heavy atom. The summed E-state index contributed by atoms with van der Waals surface area (Å²) in [5.41, 5.74) is 1.93. The molecule has 0 aliphatic carbocycles. The molecule has 5 nitrogen and oxygen atoms in total. The number of halogens is 2. The number of benzene rings is 1. The van der Waals surface area contributed by atoms with Crippen LogP contribution in [-0.2, 0) is 9.59 Å². The summed E-state index contributed by atoms with van der Waals surface area (Å²) in [7, 11) is 1.88. The molecule has 1 atom stereocenters. The molecule has 1 aliphatic heterocycles. The van der Waals surface area contributed by atoms with Gasteiger partial charge in [-0.15, -0.1) is 12.4 Å². The zero-order chi connectivity index (χ0) is 16.1. The Labute approximate surface area is 151 Å². The van der Waals surface area contributed by atoms with Gasteiger partial charge in [0.25, 0.3) is 0 Å². The maximum atomic E-state index is 12.2. The minimum absolute atomic E-state index is 0. The van der Waals surface area contributed by atoms with Crippen molar-refractivity contribution >= 4 is 45.8 Å². The van der Waals surface area contributed by atoms with Gasteiger partial charge in [0.15, 0.2) is 0 Å². The third kappa shape index (κ3) is 5.19. The first kappa shape index (κ1) is 19.9. The summed E-state index contributed by atoms with van der Waals surface area (Å²) in [6.45, 7) is 3.95. The van der Waals surface area contributed by atoms with E-state index in [-0.39, 0.29) is 36.6 Å². The minimum Gasteiger partial charge on any atom is -0.356 e. The molecule has 1 unspecified atom stereocenters. The predicted octanol–water partition coefficient (Wildman–Crippen LogP) is 2.26. The number of nitrogens with zero attached hydrogens (tertiary/aromatic N) is 1. The van der Waals surface area contributed by atoms with Crippen molar-refractivity contribution in [2.75, 3.05) is 31.6 Å². The lowest BCUT2D eigenvalue weighted by atomic mass is 10.1. The normalized spacial score (nSPS) is 17.1. The fraction of sp³-hybridized carbons (Fsp3) is 0.500. The summed E-state index contributed by atoms with van der Waals surface area (Å²) in [5, 5.41) is 5.95. The average Bonchev–Trinajstić information content (AvgIpc) is 2.88. The number of amides is 2. The molecular weight excluding hydrogens is 382 g/mol. The molecule has 0 spiro atoms. The van der Waals surface area contributed by atoms with Gasteiger partial charge in [0.05, 0.1) is 5.92 Å². The molecule has 0 aromatic heterocycles. The molecule has 2 rings (SSSR count). The quantitative estimate of drug-likeness (QED) is 0.715. The summed E-state index contributed by atoms with van der Waals surface area (Å²) in [6, 6.07) is 5.81. The standard InChI is InChI=1S/C16H22BrN3O2.ClH/c1-11-8-13(4-5-14(11)17)20-10-12(9-15(20)21)16(22)19-7-3-6-18-2;/h4-5,8,12,18H,3,6-7,9-10H2,1-2H3,(H,19,22);1H. The third-order valence-electron chi connectivity index (χ3n) is 3.85. The molecule has 128 valence electrons. The van der Waals surface area contributed by atoms with Crippen LogP contribution in [0.2, 0.25) is 0 Å². The van der Waals surface area contributed by atoms with E-state index >= 15 is 0 Å². The fourth-order valence-corrected chi connectivity index (χ4v) is 2.80. The van der Waals surface area contributed by atoms with E-state index in [0.29, 0.717) is 13.1 Å². The highest BCUT2D eigenvalue weighted by Gasteiger charge is 2.34. The highest BCUT2D eigenvalue weighted by Crippen LogP contribution is 2.28. The monoisotopic (exact) mass is 403 g/mol. The minimum atomic E-state index is -0.258. The van der Waals surface area contributed by atoms with Crippen LogP contribution in [0.5, 0.6) is 0 Å². The SMILES string of the molecule is CNCCCNC(=O)C1CC(=O)N(c2ccc(Br)c(C)c2)C1.Cl. The van der Waals surface area contributed by atoms with Crippen molar-refractivity contribution in [2.24, 2.45) is 5.92 Å². The van der Waals surface area contributed by atoms with E-state index < -0.39 is 0 Å². The zero-order valence-electron chi connectivity index (χ0n) is 13.4. The van der Waals surface area contributed by atoms with Gasteiger partial charge in [-0.25, -0.2) is 0 Å². The molecule has 1 heterocycles. The summed E-state index contributed by atoms with van der Waals surface area (Å²) in [5.74, 6) is -0.274. The highest BCUT2D eigenvalue weighted by atomic mass is 79.9. The van der Waals surface area contributed by atoms with Crippen LogP contribution in [0.3, 0.4) is 0 Å². The Morgan fingerprint density at radius 1 is 1.39 bits per heavy atom. The van der Waals surface area contributed by atoms with Gasteiger partial charge < -0.3 is 15.5 Å². The van der Waals surface area contributed by atoms with Crippen LogP contribution in [0.4, 0.5) is 5.69 Å². The van der Waals surface area contributed by atoms with Crippen LogP contribution >= 0.6 is 28.3 Å². The van der Waals surface area contributed by atoms with Gasteiger partial charge in [-0.1, -0.05) is 15.9 Å². The van der Waals surface area contributed by atoms with E-state index in [1.54, 1.807) is 4.90 Å². The number of anilines is 1. The molecule has 0 radical (unpaired) electrons. The molecule has 2 N–H and O–H groups in total. The number of rotatable bonds is 6. The molecule has 2 amide bonds. The van der Waals surface area contributed by atoms with Crippen molar-refractivity contribution in [3.8, 4) is 0 Å². The van der Waals surface area contributed by atoms with Crippen LogP contribution < -0.4 is 15.5 Å². The lowest BCUT2D eigenvalue weighted by Crippen LogP contribution is -2.34. The van der Waals surface area contributed by atoms with Gasteiger partial charge >= 0.3 is 0 Å². The topological polar surface area (TPSA) is 61.4 Å². The summed E-state index contributed by atoms with van der Waals surface area (Å²) in [6.07, 6.45) is 1.17. The van der Waals surface area contributed by atoms with Crippen LogP contribution in [0.15, 0.2) is 22.7 Å². The van der Waals surface area contributed by atoms with Gasteiger partial charge in [-0.2, -0.15) is 0 Å². The van der Waals surface area contributed by atoms with Crippen LogP contribution in [0.25, 0.3) is 0 Å². The largest absolute Gasteiger partial charge is 0.356 e. The Morgan fingerprint density at radius 2 is 2.13 bits per heavy atom. The molecule has 1 aromatic carbocycles. The number of aryl methyl sites for hydroxylation is 1. The van der Waals surface area contributed by atoms with Crippen molar-refractivity contribution in [3.63, 3.8) is 0 Å². The first-order valence-electron chi connectivity index (χ1n) is 7.51. The van der Waals surface area contributed by atoms with Crippen LogP contribution in [-0.4, -0.2) is 38.5 Å². The maximum absolute atomic E-state index is 12.2. The Balaban J connectivity index is 0.00000264. The van der Waals surface area contributed by atoms with Gasteiger partial charge in [-0.3, -0.25) is 9.59 Å². The fourth-order valence-electron chi connectivity index (χ4n) is 2.55. The van der Waals surface area contributed by atoms with E-state index in [2.05, 4.69) is 26.6 Å². The molecule has 1 aromatic rings. The summed E-state index contributed by atoms with van der Waals surface area (Å²) < 4.78 is 1.02. The first-order valence-corrected chi connectivity index (χ1v) is 8.31. The number of hydrogen-bond acceptors (Lipinski definition) is 3. The second kappa shape index (κ2) is 9.25. The van der Waals surface area contributed by atoms with Gasteiger partial charge in [0.2, 0.25) is 11.8 Å². The summed E-state index contributed by atoms with van der Waals surface area (Å²) in [4.78, 5) is 26.0. The van der Waals surface area contributed by atoms with E-state index in [9.17, 15) is 9.59 Å². The Bertz CT molecular complexity index is 568. The molecule has 7 heteroatoms. The zero-order valence-corrected chi connectivity index (χ0v) is 15.8. The Kier molecular flexibility index (Phi) is 8.02. The molecule has 0 saturated carbocycles. The number of carbonyl (C=O) groups excluding carboxylic acids is 2. The van der Waals surface area contributed by atoms with Crippen molar-refractivity contribution < 1.29 is 9.59 Å². The molecule has 23 heavy (non-hydrogen) atoms. The van der Waals surface area contributed by atoms with Crippen molar-refractivity contribution in [2.45, 2.75) is 19.8 Å². The molecular formula is C16H23BrClN3O2. The number of hydrogen-bond donors (Lipinski definition) is 2. The van der Waals surface area contributed by atoms with Crippen molar-refractivity contribution in [3.05, 3.63) is 28.2 Å². The maximum Gasteiger partial charge on any atom is 0.227 e. The van der Waals surface area contributed by atoms with Crippen molar-refractivity contribution in [1.29, 1.82) is 0 Å². The smallest absolute Gasteiger partial charge is 0.227 e. The van der Waals surface area contributed by atoms with Gasteiger partial charge in [-0.05, 0) is 50.7 Å². The van der Waals surface area contributed by atoms with Gasteiger partial charge in [0.1, 0.15) is 0 Å². The number of carbonyl (C=O) groups is 2. The van der Waals surface area contributed by atoms with Gasteiger partial charge in [0, 0.05) is 29.7 Å². The molecule has 0 bridgehead atoms. The molecule has 1 saturated heterocycles. The van der Waals surface area contributed by atoms with E-state index in [1.165, 1.54) is 0 Å². The lowest BCUT2D eigenvalue weighted by Gasteiger charge is -2.17. The summed E-state index contributed by atoms with van der Waals surface area (Å²) >= 11 is 3.46. The average molecular weight is 405 g/mol. The number of nitrogens with one attached hydrogen (secondary N) is 2. The second-order valence-electron chi connectivity index (χ2n) is 5.59. The van der Waals surface area contributed by atoms with Crippen molar-refractivity contribution in [1.82, 2.24) is 10.6 Å². The second-order valence-corrected chi connectivity index (χ2v) is 6.44.